The fourth-order valence-corrected chi connectivity index (χ4v) is 4.44. The van der Waals surface area contributed by atoms with Gasteiger partial charge in [-0.3, -0.25) is 0 Å². The number of benzene rings is 1. The number of hydrogen-bond acceptors (Lipinski definition) is 2. The fourth-order valence-electron chi connectivity index (χ4n) is 1.37. The van der Waals surface area contributed by atoms with Gasteiger partial charge < -0.3 is 5.32 Å². The van der Waals surface area contributed by atoms with Gasteiger partial charge in [-0.2, -0.15) is 0 Å². The summed E-state index contributed by atoms with van der Waals surface area (Å²) in [5.74, 6) is -0.362. The number of thiophene rings is 1. The van der Waals surface area contributed by atoms with Crippen LogP contribution in [-0.4, -0.2) is 0 Å². The molecular weight excluding hydrogens is 472 g/mol. The summed E-state index contributed by atoms with van der Waals surface area (Å²) in [6, 6.07) is 4.69. The van der Waals surface area contributed by atoms with Crippen molar-refractivity contribution in [3.63, 3.8) is 0 Å². The first-order chi connectivity index (χ1) is 8.47. The van der Waals surface area contributed by atoms with Crippen molar-refractivity contribution in [1.82, 2.24) is 0 Å². The van der Waals surface area contributed by atoms with Crippen molar-refractivity contribution in [2.24, 2.45) is 0 Å². The van der Waals surface area contributed by atoms with Crippen molar-refractivity contribution >= 4 is 76.4 Å². The first kappa shape index (κ1) is 14.8. The zero-order chi connectivity index (χ0) is 13.3. The molecule has 0 amide bonds. The largest absolute Gasteiger partial charge is 0.378 e. The second kappa shape index (κ2) is 6.22. The Morgan fingerprint density at radius 1 is 1.17 bits per heavy atom. The fraction of sp³-hybridized carbons (Fsp3) is 0.0909. The third-order valence-corrected chi connectivity index (χ3v) is 6.32. The normalized spacial score (nSPS) is 10.7. The average molecular weight is 478 g/mol. The molecular formula is C11H6Br3ClFNS. The highest BCUT2D eigenvalue weighted by Gasteiger charge is 2.09. The van der Waals surface area contributed by atoms with E-state index in [1.165, 1.54) is 12.1 Å². The number of nitrogens with one attached hydrogen (secondary N) is 1. The van der Waals surface area contributed by atoms with E-state index >= 15 is 0 Å². The summed E-state index contributed by atoms with van der Waals surface area (Å²) in [7, 11) is 0. The predicted octanol–water partition coefficient (Wildman–Crippen LogP) is 6.44. The van der Waals surface area contributed by atoms with Crippen LogP contribution >= 0.6 is 70.7 Å². The lowest BCUT2D eigenvalue weighted by Gasteiger charge is -2.09. The third kappa shape index (κ3) is 3.48. The SMILES string of the molecule is Fc1cc(Cl)c(NCc2cc(Br)c(Br)s2)c(Br)c1. The molecule has 0 aliphatic rings. The first-order valence-corrected chi connectivity index (χ1v) is 8.37. The Morgan fingerprint density at radius 3 is 2.44 bits per heavy atom. The molecule has 2 aromatic rings. The molecule has 1 nitrogen and oxygen atoms in total. The Hall–Kier alpha value is 0.380. The molecule has 1 aromatic heterocycles. The molecule has 18 heavy (non-hydrogen) atoms. The molecule has 1 aromatic carbocycles. The van der Waals surface area contributed by atoms with Crippen LogP contribution in [0.5, 0.6) is 0 Å². The minimum absolute atomic E-state index is 0.358. The Labute approximate surface area is 138 Å². The van der Waals surface area contributed by atoms with Crippen molar-refractivity contribution in [3.05, 3.63) is 46.6 Å². The third-order valence-electron chi connectivity index (χ3n) is 2.14. The van der Waals surface area contributed by atoms with E-state index in [0.29, 0.717) is 21.7 Å². The molecule has 0 aliphatic heterocycles. The quantitative estimate of drug-likeness (QED) is 0.536. The summed E-state index contributed by atoms with van der Waals surface area (Å²) in [6.45, 7) is 0.624. The molecule has 0 radical (unpaired) electrons. The minimum Gasteiger partial charge on any atom is -0.378 e. The van der Waals surface area contributed by atoms with Gasteiger partial charge in [0.15, 0.2) is 0 Å². The van der Waals surface area contributed by atoms with E-state index < -0.39 is 0 Å². The molecule has 0 saturated heterocycles. The van der Waals surface area contributed by atoms with Crippen LogP contribution in [0.3, 0.4) is 0 Å². The topological polar surface area (TPSA) is 12.0 Å². The standard InChI is InChI=1S/C11H6Br3ClFNS/c12-7-1-5(16)2-9(15)10(7)17-4-6-3-8(13)11(14)18-6/h1-3,17H,4H2. The summed E-state index contributed by atoms with van der Waals surface area (Å²) in [5.41, 5.74) is 0.693. The Morgan fingerprint density at radius 2 is 1.89 bits per heavy atom. The Balaban J connectivity index is 2.15. The molecule has 0 fully saturated rings. The maximum atomic E-state index is 13.1. The molecule has 0 aliphatic carbocycles. The maximum Gasteiger partial charge on any atom is 0.125 e. The van der Waals surface area contributed by atoms with E-state index in [9.17, 15) is 4.39 Å². The highest BCUT2D eigenvalue weighted by molar-refractivity contribution is 9.13. The molecule has 96 valence electrons. The summed E-state index contributed by atoms with van der Waals surface area (Å²) < 4.78 is 15.8. The van der Waals surface area contributed by atoms with E-state index in [1.807, 2.05) is 6.07 Å². The van der Waals surface area contributed by atoms with Crippen molar-refractivity contribution in [3.8, 4) is 0 Å². The summed E-state index contributed by atoms with van der Waals surface area (Å²) in [4.78, 5) is 1.14. The molecule has 2 rings (SSSR count). The van der Waals surface area contributed by atoms with Crippen LogP contribution < -0.4 is 5.32 Å². The molecule has 1 heterocycles. The minimum atomic E-state index is -0.362. The highest BCUT2D eigenvalue weighted by Crippen LogP contribution is 2.35. The summed E-state index contributed by atoms with van der Waals surface area (Å²) in [6.07, 6.45) is 0. The van der Waals surface area contributed by atoms with Crippen LogP contribution in [0.25, 0.3) is 0 Å². The van der Waals surface area contributed by atoms with E-state index in [0.717, 1.165) is 13.1 Å². The smallest absolute Gasteiger partial charge is 0.125 e. The lowest BCUT2D eigenvalue weighted by atomic mass is 10.3. The molecule has 1 N–H and O–H groups in total. The van der Waals surface area contributed by atoms with Crippen LogP contribution in [0, 0.1) is 5.82 Å². The number of rotatable bonds is 3. The maximum absolute atomic E-state index is 13.1. The lowest BCUT2D eigenvalue weighted by Crippen LogP contribution is -1.99. The Kier molecular flexibility index (Phi) is 5.11. The number of halogens is 5. The van der Waals surface area contributed by atoms with Gasteiger partial charge in [0.25, 0.3) is 0 Å². The summed E-state index contributed by atoms with van der Waals surface area (Å²) >= 11 is 17.8. The van der Waals surface area contributed by atoms with E-state index in [1.54, 1.807) is 11.3 Å². The highest BCUT2D eigenvalue weighted by atomic mass is 79.9. The second-order valence-electron chi connectivity index (χ2n) is 3.43. The van der Waals surface area contributed by atoms with Crippen LogP contribution in [0.2, 0.25) is 5.02 Å². The average Bonchev–Trinajstić information content (AvgIpc) is 2.56. The summed E-state index contributed by atoms with van der Waals surface area (Å²) in [5, 5.41) is 3.55. The molecule has 0 saturated carbocycles. The predicted molar refractivity (Wildman–Crippen MR) is 86.2 cm³/mol. The van der Waals surface area contributed by atoms with Gasteiger partial charge in [-0.25, -0.2) is 4.39 Å². The van der Waals surface area contributed by atoms with Crippen LogP contribution in [-0.2, 0) is 6.54 Å². The zero-order valence-corrected chi connectivity index (χ0v) is 15.1. The van der Waals surface area contributed by atoms with Gasteiger partial charge >= 0.3 is 0 Å². The van der Waals surface area contributed by atoms with Gasteiger partial charge in [-0.1, -0.05) is 11.6 Å². The van der Waals surface area contributed by atoms with Crippen molar-refractivity contribution in [2.75, 3.05) is 5.32 Å². The molecule has 7 heteroatoms. The van der Waals surface area contributed by atoms with Gasteiger partial charge in [-0.05, 0) is 66.0 Å². The van der Waals surface area contributed by atoms with Gasteiger partial charge in [0.1, 0.15) is 5.82 Å². The molecule has 0 unspecified atom stereocenters. The van der Waals surface area contributed by atoms with E-state index in [-0.39, 0.29) is 5.82 Å². The van der Waals surface area contributed by atoms with Gasteiger partial charge in [0.05, 0.1) is 14.5 Å². The van der Waals surface area contributed by atoms with Crippen molar-refractivity contribution in [2.45, 2.75) is 6.54 Å². The van der Waals surface area contributed by atoms with Crippen LogP contribution in [0.4, 0.5) is 10.1 Å². The molecule has 0 atom stereocenters. The van der Waals surface area contributed by atoms with Crippen LogP contribution in [0.1, 0.15) is 4.88 Å². The number of anilines is 1. The van der Waals surface area contributed by atoms with E-state index in [4.69, 9.17) is 11.6 Å². The second-order valence-corrected chi connectivity index (χ2v) is 8.00. The molecule has 0 bridgehead atoms. The molecule has 0 spiro atoms. The van der Waals surface area contributed by atoms with Crippen LogP contribution in [0.15, 0.2) is 30.9 Å². The van der Waals surface area contributed by atoms with Crippen molar-refractivity contribution in [1.29, 1.82) is 0 Å². The van der Waals surface area contributed by atoms with Gasteiger partial charge in [0.2, 0.25) is 0 Å². The van der Waals surface area contributed by atoms with Gasteiger partial charge in [0, 0.05) is 20.4 Å². The van der Waals surface area contributed by atoms with E-state index in [2.05, 4.69) is 53.1 Å². The lowest BCUT2D eigenvalue weighted by molar-refractivity contribution is 0.627. The Bertz CT molecular complexity index is 545. The number of hydrogen-bond donors (Lipinski definition) is 1. The monoisotopic (exact) mass is 475 g/mol. The van der Waals surface area contributed by atoms with Gasteiger partial charge in [-0.15, -0.1) is 11.3 Å². The zero-order valence-electron chi connectivity index (χ0n) is 8.74. The first-order valence-electron chi connectivity index (χ1n) is 4.79. The van der Waals surface area contributed by atoms with Crippen molar-refractivity contribution < 1.29 is 4.39 Å².